The molecule has 0 N–H and O–H groups in total. The van der Waals surface area contributed by atoms with Crippen LogP contribution in [0, 0.1) is 0 Å². The monoisotopic (exact) mass is 436 g/mol. The highest BCUT2D eigenvalue weighted by Gasteiger charge is 2.37. The van der Waals surface area contributed by atoms with Crippen LogP contribution in [0.2, 0.25) is 0 Å². The molecule has 162 valence electrons. The van der Waals surface area contributed by atoms with E-state index in [1.165, 1.54) is 16.3 Å². The minimum Gasteiger partial charge on any atom is -0.338 e. The van der Waals surface area contributed by atoms with E-state index in [9.17, 15) is 9.59 Å². The summed E-state index contributed by atoms with van der Waals surface area (Å²) in [5.41, 5.74) is 0.732. The Morgan fingerprint density at radius 3 is 2.42 bits per heavy atom. The highest BCUT2D eigenvalue weighted by Crippen LogP contribution is 2.23. The minimum absolute atomic E-state index is 0.0619. The highest BCUT2D eigenvalue weighted by molar-refractivity contribution is 7.13. The van der Waals surface area contributed by atoms with Gasteiger partial charge in [-0.3, -0.25) is 14.5 Å². The van der Waals surface area contributed by atoms with Crippen molar-refractivity contribution in [2.24, 2.45) is 0 Å². The number of thiophene rings is 1. The normalized spacial score (nSPS) is 15.2. The van der Waals surface area contributed by atoms with Gasteiger partial charge in [-0.25, -0.2) is 4.68 Å². The fraction of sp³-hybridized carbons (Fsp3) is 0.375. The van der Waals surface area contributed by atoms with Crippen LogP contribution in [0.4, 0.5) is 0 Å². The van der Waals surface area contributed by atoms with E-state index >= 15 is 0 Å². The molecule has 6 nitrogen and oxygen atoms in total. The van der Waals surface area contributed by atoms with Crippen molar-refractivity contribution in [3.63, 3.8) is 0 Å². The van der Waals surface area contributed by atoms with Crippen LogP contribution >= 0.6 is 11.3 Å². The minimum atomic E-state index is -1.05. The van der Waals surface area contributed by atoms with Gasteiger partial charge in [-0.2, -0.15) is 5.10 Å². The van der Waals surface area contributed by atoms with E-state index in [4.69, 9.17) is 0 Å². The van der Waals surface area contributed by atoms with Crippen LogP contribution in [0.1, 0.15) is 19.4 Å². The number of carbonyl (C=O) groups is 1. The molecule has 31 heavy (non-hydrogen) atoms. The fourth-order valence-electron chi connectivity index (χ4n) is 3.95. The molecule has 1 amide bonds. The molecule has 4 rings (SSSR count). The molecule has 0 radical (unpaired) electrons. The van der Waals surface area contributed by atoms with Crippen molar-refractivity contribution in [2.45, 2.75) is 25.8 Å². The number of benzene rings is 1. The third kappa shape index (κ3) is 4.78. The topological polar surface area (TPSA) is 58.4 Å². The first-order valence-corrected chi connectivity index (χ1v) is 11.5. The molecule has 3 heterocycles. The Bertz CT molecular complexity index is 1070. The van der Waals surface area contributed by atoms with Crippen molar-refractivity contribution in [3.8, 4) is 10.6 Å². The molecule has 1 saturated heterocycles. The summed E-state index contributed by atoms with van der Waals surface area (Å²) in [5, 5.41) is 6.51. The lowest BCUT2D eigenvalue weighted by Crippen LogP contribution is -2.56. The Kier molecular flexibility index (Phi) is 6.34. The average Bonchev–Trinajstić information content (AvgIpc) is 3.33. The van der Waals surface area contributed by atoms with E-state index < -0.39 is 5.54 Å². The van der Waals surface area contributed by atoms with E-state index in [0.29, 0.717) is 18.8 Å². The summed E-state index contributed by atoms with van der Waals surface area (Å²) in [4.78, 5) is 31.2. The van der Waals surface area contributed by atoms with Gasteiger partial charge in [-0.15, -0.1) is 11.3 Å². The zero-order chi connectivity index (χ0) is 21.8. The van der Waals surface area contributed by atoms with Gasteiger partial charge in [-0.05, 0) is 43.3 Å². The summed E-state index contributed by atoms with van der Waals surface area (Å²) in [7, 11) is 0. The first-order chi connectivity index (χ1) is 14.9. The molecular formula is C24H28N4O2S. The summed E-state index contributed by atoms with van der Waals surface area (Å²) in [5.74, 6) is -0.0619. The average molecular weight is 437 g/mol. The van der Waals surface area contributed by atoms with Gasteiger partial charge in [-0.1, -0.05) is 36.4 Å². The SMILES string of the molecule is CC(C)(C(=O)N1CCN(CCc2ccccc2)CC1)n1nc(-c2cccs2)ccc1=O. The van der Waals surface area contributed by atoms with Crippen LogP contribution in [0.5, 0.6) is 0 Å². The number of piperazine rings is 1. The zero-order valence-corrected chi connectivity index (χ0v) is 18.8. The van der Waals surface area contributed by atoms with Crippen molar-refractivity contribution in [1.82, 2.24) is 19.6 Å². The van der Waals surface area contributed by atoms with E-state index in [2.05, 4.69) is 34.3 Å². The molecule has 0 unspecified atom stereocenters. The molecule has 1 aromatic carbocycles. The molecular weight excluding hydrogens is 408 g/mol. The second-order valence-electron chi connectivity index (χ2n) is 8.37. The molecule has 0 atom stereocenters. The van der Waals surface area contributed by atoms with E-state index in [1.807, 2.05) is 28.5 Å². The Morgan fingerprint density at radius 2 is 1.74 bits per heavy atom. The van der Waals surface area contributed by atoms with Crippen molar-refractivity contribution < 1.29 is 4.79 Å². The van der Waals surface area contributed by atoms with Gasteiger partial charge in [0.2, 0.25) is 5.91 Å². The third-order valence-corrected chi connectivity index (χ3v) is 6.74. The summed E-state index contributed by atoms with van der Waals surface area (Å²) < 4.78 is 1.34. The molecule has 2 aromatic heterocycles. The van der Waals surface area contributed by atoms with E-state index in [1.54, 1.807) is 31.3 Å². The van der Waals surface area contributed by atoms with E-state index in [0.717, 1.165) is 30.9 Å². The second-order valence-corrected chi connectivity index (χ2v) is 9.32. The summed E-state index contributed by atoms with van der Waals surface area (Å²) >= 11 is 1.56. The smallest absolute Gasteiger partial charge is 0.267 e. The highest BCUT2D eigenvalue weighted by atomic mass is 32.1. The van der Waals surface area contributed by atoms with Gasteiger partial charge in [0.15, 0.2) is 0 Å². The lowest BCUT2D eigenvalue weighted by molar-refractivity contribution is -0.141. The Labute approximate surface area is 186 Å². The van der Waals surface area contributed by atoms with Gasteiger partial charge in [0, 0.05) is 38.8 Å². The molecule has 0 bridgehead atoms. The van der Waals surface area contributed by atoms with Gasteiger partial charge in [0.05, 0.1) is 4.88 Å². The van der Waals surface area contributed by atoms with Crippen LogP contribution in [0.25, 0.3) is 10.6 Å². The van der Waals surface area contributed by atoms with Crippen LogP contribution in [0.3, 0.4) is 0 Å². The first-order valence-electron chi connectivity index (χ1n) is 10.7. The number of hydrogen-bond acceptors (Lipinski definition) is 5. The Morgan fingerprint density at radius 1 is 1.00 bits per heavy atom. The van der Waals surface area contributed by atoms with Crippen LogP contribution in [-0.4, -0.2) is 58.2 Å². The lowest BCUT2D eigenvalue weighted by Gasteiger charge is -2.38. The molecule has 1 fully saturated rings. The number of rotatable bonds is 6. The van der Waals surface area contributed by atoms with Gasteiger partial charge in [0.1, 0.15) is 11.2 Å². The molecule has 0 aliphatic carbocycles. The van der Waals surface area contributed by atoms with Crippen LogP contribution in [-0.2, 0) is 16.8 Å². The molecule has 0 saturated carbocycles. The summed E-state index contributed by atoms with van der Waals surface area (Å²) in [6.07, 6.45) is 1.01. The molecule has 1 aliphatic rings. The number of amides is 1. The number of aromatic nitrogens is 2. The Hall–Kier alpha value is -2.77. The van der Waals surface area contributed by atoms with Crippen molar-refractivity contribution in [1.29, 1.82) is 0 Å². The molecule has 3 aromatic rings. The fourth-order valence-corrected chi connectivity index (χ4v) is 4.64. The summed E-state index contributed by atoms with van der Waals surface area (Å²) in [6.45, 7) is 7.55. The summed E-state index contributed by atoms with van der Waals surface area (Å²) in [6, 6.07) is 17.6. The predicted octanol–water partition coefficient (Wildman–Crippen LogP) is 3.09. The molecule has 1 aliphatic heterocycles. The van der Waals surface area contributed by atoms with Gasteiger partial charge in [0.25, 0.3) is 5.56 Å². The van der Waals surface area contributed by atoms with Gasteiger partial charge >= 0.3 is 0 Å². The lowest BCUT2D eigenvalue weighted by atomic mass is 10.0. The van der Waals surface area contributed by atoms with Crippen molar-refractivity contribution >= 4 is 17.2 Å². The van der Waals surface area contributed by atoms with Crippen molar-refractivity contribution in [2.75, 3.05) is 32.7 Å². The first kappa shape index (κ1) is 21.5. The van der Waals surface area contributed by atoms with Crippen molar-refractivity contribution in [3.05, 3.63) is 75.9 Å². The van der Waals surface area contributed by atoms with E-state index in [-0.39, 0.29) is 11.5 Å². The zero-order valence-electron chi connectivity index (χ0n) is 18.0. The number of nitrogens with zero attached hydrogens (tertiary/aromatic N) is 4. The largest absolute Gasteiger partial charge is 0.338 e. The number of hydrogen-bond donors (Lipinski definition) is 0. The number of carbonyl (C=O) groups excluding carboxylic acids is 1. The second kappa shape index (κ2) is 9.16. The maximum absolute atomic E-state index is 13.4. The maximum atomic E-state index is 13.4. The predicted molar refractivity (Wildman–Crippen MR) is 124 cm³/mol. The molecule has 0 spiro atoms. The van der Waals surface area contributed by atoms with Gasteiger partial charge < -0.3 is 4.90 Å². The Balaban J connectivity index is 1.41. The quantitative estimate of drug-likeness (QED) is 0.596. The van der Waals surface area contributed by atoms with Crippen LogP contribution in [0.15, 0.2) is 64.8 Å². The standard InChI is InChI=1S/C24H28N4O2S/c1-24(2,28-22(29)11-10-20(25-28)21-9-6-18-31-21)23(30)27-16-14-26(15-17-27)13-12-19-7-4-3-5-8-19/h3-11,18H,12-17H2,1-2H3. The maximum Gasteiger partial charge on any atom is 0.267 e. The molecule has 7 heteroatoms. The third-order valence-electron chi connectivity index (χ3n) is 5.85. The van der Waals surface area contributed by atoms with Crippen LogP contribution < -0.4 is 5.56 Å².